The quantitative estimate of drug-likeness (QED) is 0.147. The molecule has 1 atom stereocenters. The van der Waals surface area contributed by atoms with Gasteiger partial charge in [0.1, 0.15) is 12.1 Å². The minimum Gasteiger partial charge on any atom is -0.461 e. The number of carbonyl (C=O) groups excluding carboxylic acids is 1. The Labute approximate surface area is 239 Å². The van der Waals surface area contributed by atoms with Crippen LogP contribution >= 0.6 is 0 Å². The molecule has 0 saturated carbocycles. The van der Waals surface area contributed by atoms with Crippen molar-refractivity contribution in [1.29, 1.82) is 0 Å². The lowest BCUT2D eigenvalue weighted by atomic mass is 9.84. The molecule has 4 aromatic rings. The second-order valence-corrected chi connectivity index (χ2v) is 17.0. The van der Waals surface area contributed by atoms with E-state index in [9.17, 15) is 4.79 Å². The van der Waals surface area contributed by atoms with Gasteiger partial charge in [-0.25, -0.2) is 4.68 Å². The van der Waals surface area contributed by atoms with Crippen molar-refractivity contribution in [1.82, 2.24) is 15.0 Å². The van der Waals surface area contributed by atoms with Crippen molar-refractivity contribution in [3.8, 4) is 0 Å². The molecule has 0 aliphatic rings. The minimum absolute atomic E-state index is 0.131. The molecule has 0 bridgehead atoms. The van der Waals surface area contributed by atoms with Crippen LogP contribution in [-0.4, -0.2) is 29.3 Å². The third-order valence-electron chi connectivity index (χ3n) is 8.44. The van der Waals surface area contributed by atoms with Gasteiger partial charge in [0.05, 0.1) is 18.5 Å². The fourth-order valence-electron chi connectivity index (χ4n) is 4.70. The molecule has 7 heteroatoms. The molecule has 1 aromatic heterocycles. The van der Waals surface area contributed by atoms with Gasteiger partial charge in [0, 0.05) is 12.5 Å². The second-order valence-electron chi connectivity index (χ2n) is 12.2. The lowest BCUT2D eigenvalue weighted by molar-refractivity contribution is -0.145. The number of aromatic nitrogens is 3. The van der Waals surface area contributed by atoms with Crippen LogP contribution in [0.2, 0.25) is 18.1 Å². The Morgan fingerprint density at radius 3 is 2.40 bits per heavy atom. The second kappa shape index (κ2) is 12.1. The molecule has 0 aliphatic carbocycles. The van der Waals surface area contributed by atoms with Gasteiger partial charge in [-0.3, -0.25) is 4.79 Å². The van der Waals surface area contributed by atoms with Crippen LogP contribution in [0.3, 0.4) is 0 Å². The summed E-state index contributed by atoms with van der Waals surface area (Å²) in [6.45, 7) is 19.1. The number of rotatable bonds is 10. The molecule has 3 aromatic carbocycles. The SMILES string of the molecule is CCn1nnc2c(C)c([C@H](CC(=O)OCc3ccccc3)c3ccc(C)c(CO[Si](C)(C)C(C)(C)C)c3)ccc21. The maximum absolute atomic E-state index is 13.2. The predicted octanol–water partition coefficient (Wildman–Crippen LogP) is 7.86. The molecule has 0 radical (unpaired) electrons. The molecule has 0 amide bonds. The van der Waals surface area contributed by atoms with Gasteiger partial charge in [-0.15, -0.1) is 5.10 Å². The van der Waals surface area contributed by atoms with Crippen LogP contribution in [0, 0.1) is 13.8 Å². The molecule has 212 valence electrons. The Bertz CT molecular complexity index is 1470. The van der Waals surface area contributed by atoms with E-state index in [0.29, 0.717) is 6.61 Å². The fraction of sp³-hybridized carbons (Fsp3) is 0.424. The first kappa shape index (κ1) is 29.7. The summed E-state index contributed by atoms with van der Waals surface area (Å²) in [6, 6.07) is 20.5. The minimum atomic E-state index is -1.92. The summed E-state index contributed by atoms with van der Waals surface area (Å²) in [6.07, 6.45) is 0.229. The van der Waals surface area contributed by atoms with Gasteiger partial charge < -0.3 is 9.16 Å². The Balaban J connectivity index is 1.68. The first-order valence-corrected chi connectivity index (χ1v) is 17.1. The van der Waals surface area contributed by atoms with Crippen LogP contribution < -0.4 is 0 Å². The number of fused-ring (bicyclic) bond motifs is 1. The van der Waals surface area contributed by atoms with E-state index in [1.54, 1.807) is 0 Å². The van der Waals surface area contributed by atoms with E-state index in [2.05, 4.69) is 95.3 Å². The zero-order valence-electron chi connectivity index (χ0n) is 25.2. The van der Waals surface area contributed by atoms with E-state index in [4.69, 9.17) is 9.16 Å². The van der Waals surface area contributed by atoms with E-state index in [0.717, 1.165) is 45.4 Å². The molecule has 40 heavy (non-hydrogen) atoms. The zero-order chi connectivity index (χ0) is 29.1. The number of hydrogen-bond donors (Lipinski definition) is 0. The number of ether oxygens (including phenoxy) is 1. The Morgan fingerprint density at radius 2 is 1.73 bits per heavy atom. The van der Waals surface area contributed by atoms with E-state index in [-0.39, 0.29) is 30.0 Å². The molecule has 4 rings (SSSR count). The normalized spacial score (nSPS) is 13.0. The molecule has 6 nitrogen and oxygen atoms in total. The van der Waals surface area contributed by atoms with E-state index >= 15 is 0 Å². The van der Waals surface area contributed by atoms with Gasteiger partial charge >= 0.3 is 5.97 Å². The van der Waals surface area contributed by atoms with E-state index in [1.807, 2.05) is 35.0 Å². The predicted molar refractivity (Wildman–Crippen MR) is 164 cm³/mol. The first-order chi connectivity index (χ1) is 18.9. The summed E-state index contributed by atoms with van der Waals surface area (Å²) >= 11 is 0. The highest BCUT2D eigenvalue weighted by atomic mass is 28.4. The molecule has 0 unspecified atom stereocenters. The van der Waals surface area contributed by atoms with Crippen molar-refractivity contribution in [2.75, 3.05) is 0 Å². The maximum atomic E-state index is 13.2. The van der Waals surface area contributed by atoms with Crippen LogP contribution in [0.25, 0.3) is 11.0 Å². The molecule has 1 heterocycles. The van der Waals surface area contributed by atoms with Gasteiger partial charge in [0.2, 0.25) is 0 Å². The standard InChI is InChI=1S/C33H43N3O3Si/c1-9-36-30-18-17-28(24(3)32(30)34-35-36)29(20-31(37)38-21-25-13-11-10-12-14-25)26-16-15-23(2)27(19-26)22-39-40(7,8)33(4,5)6/h10-19,29H,9,20-22H2,1-8H3/t29-/m1/s1. The van der Waals surface area contributed by atoms with Crippen molar-refractivity contribution in [2.45, 2.75) is 91.8 Å². The van der Waals surface area contributed by atoms with Crippen LogP contribution in [0.5, 0.6) is 0 Å². The summed E-state index contributed by atoms with van der Waals surface area (Å²) in [7, 11) is -1.92. The lowest BCUT2D eigenvalue weighted by Gasteiger charge is -2.36. The number of nitrogens with zero attached hydrogens (tertiary/aromatic N) is 3. The van der Waals surface area contributed by atoms with Gasteiger partial charge in [-0.05, 0) is 78.4 Å². The van der Waals surface area contributed by atoms with E-state index in [1.165, 1.54) is 5.56 Å². The first-order valence-electron chi connectivity index (χ1n) is 14.2. The molecular weight excluding hydrogens is 514 g/mol. The molecule has 0 spiro atoms. The summed E-state index contributed by atoms with van der Waals surface area (Å²) < 4.78 is 14.2. The van der Waals surface area contributed by atoms with Crippen LogP contribution in [-0.2, 0) is 33.7 Å². The van der Waals surface area contributed by atoms with Gasteiger partial charge in [-0.2, -0.15) is 0 Å². The number of carbonyl (C=O) groups is 1. The topological polar surface area (TPSA) is 66.2 Å². The zero-order valence-corrected chi connectivity index (χ0v) is 26.2. The summed E-state index contributed by atoms with van der Waals surface area (Å²) in [5.41, 5.74) is 8.36. The average Bonchev–Trinajstić information content (AvgIpc) is 3.35. The number of aryl methyl sites for hydroxylation is 3. The largest absolute Gasteiger partial charge is 0.461 e. The lowest BCUT2D eigenvalue weighted by Crippen LogP contribution is -2.40. The highest BCUT2D eigenvalue weighted by molar-refractivity contribution is 6.74. The molecule has 0 fully saturated rings. The van der Waals surface area contributed by atoms with E-state index < -0.39 is 8.32 Å². The average molecular weight is 558 g/mol. The Morgan fingerprint density at radius 1 is 1.00 bits per heavy atom. The summed E-state index contributed by atoms with van der Waals surface area (Å²) in [4.78, 5) is 13.2. The molecule has 0 aliphatic heterocycles. The molecular formula is C33H43N3O3Si. The highest BCUT2D eigenvalue weighted by Gasteiger charge is 2.37. The van der Waals surface area contributed by atoms with Crippen molar-refractivity contribution < 1.29 is 14.0 Å². The van der Waals surface area contributed by atoms with Gasteiger partial charge in [-0.1, -0.05) is 80.6 Å². The highest BCUT2D eigenvalue weighted by Crippen LogP contribution is 2.38. The maximum Gasteiger partial charge on any atom is 0.307 e. The molecule has 0 saturated heterocycles. The van der Waals surface area contributed by atoms with Gasteiger partial charge in [0.15, 0.2) is 8.32 Å². The smallest absolute Gasteiger partial charge is 0.307 e. The van der Waals surface area contributed by atoms with Crippen LogP contribution in [0.4, 0.5) is 0 Å². The van der Waals surface area contributed by atoms with Crippen LogP contribution in [0.15, 0.2) is 60.7 Å². The third-order valence-corrected chi connectivity index (χ3v) is 12.9. The Kier molecular flexibility index (Phi) is 8.95. The molecule has 0 N–H and O–H groups in total. The summed E-state index contributed by atoms with van der Waals surface area (Å²) in [5, 5.41) is 8.93. The number of esters is 1. The number of hydrogen-bond acceptors (Lipinski definition) is 5. The fourth-order valence-corrected chi connectivity index (χ4v) is 5.65. The van der Waals surface area contributed by atoms with Crippen molar-refractivity contribution in [2.24, 2.45) is 0 Å². The van der Waals surface area contributed by atoms with Crippen LogP contribution in [0.1, 0.15) is 73.4 Å². The van der Waals surface area contributed by atoms with Crippen molar-refractivity contribution in [3.63, 3.8) is 0 Å². The number of benzene rings is 3. The monoisotopic (exact) mass is 557 g/mol. The Hall–Kier alpha value is -3.29. The summed E-state index contributed by atoms with van der Waals surface area (Å²) in [5.74, 6) is -0.420. The van der Waals surface area contributed by atoms with Gasteiger partial charge in [0.25, 0.3) is 0 Å². The third kappa shape index (κ3) is 6.53. The van der Waals surface area contributed by atoms with Crippen molar-refractivity contribution >= 4 is 25.3 Å². The van der Waals surface area contributed by atoms with Crippen molar-refractivity contribution in [3.05, 3.63) is 94.0 Å².